The highest BCUT2D eigenvalue weighted by molar-refractivity contribution is 6.06. The summed E-state index contributed by atoms with van der Waals surface area (Å²) in [5.41, 5.74) is 1.96. The number of pyridine rings is 1. The van der Waals surface area contributed by atoms with Crippen LogP contribution in [0.4, 0.5) is 0 Å². The van der Waals surface area contributed by atoms with Crippen LogP contribution < -0.4 is 4.74 Å². The summed E-state index contributed by atoms with van der Waals surface area (Å²) in [5.74, 6) is 0.504. The summed E-state index contributed by atoms with van der Waals surface area (Å²) >= 11 is 0. The third kappa shape index (κ3) is 2.98. The number of carbonyl (C=O) groups is 1. The highest BCUT2D eigenvalue weighted by Crippen LogP contribution is 2.20. The molecule has 3 aromatic rings. The average molecular weight is 295 g/mol. The van der Waals surface area contributed by atoms with E-state index in [1.54, 1.807) is 6.07 Å². The van der Waals surface area contributed by atoms with Gasteiger partial charge in [-0.2, -0.15) is 10.1 Å². The van der Waals surface area contributed by atoms with Gasteiger partial charge in [0.15, 0.2) is 11.4 Å². The zero-order valence-electron chi connectivity index (χ0n) is 12.5. The quantitative estimate of drug-likeness (QED) is 0.734. The number of ether oxygens (including phenoxy) is 1. The molecular weight excluding hydrogens is 278 g/mol. The SMILES string of the molecule is CC(C)Oc1ccc2c(C(=O)Cc3ccccc3)[nH]nc2n1. The molecule has 0 aliphatic carbocycles. The van der Waals surface area contributed by atoms with Crippen LogP contribution in [0.25, 0.3) is 11.0 Å². The first-order chi connectivity index (χ1) is 10.6. The summed E-state index contributed by atoms with van der Waals surface area (Å²) < 4.78 is 5.54. The molecule has 0 radical (unpaired) electrons. The average Bonchev–Trinajstić information content (AvgIpc) is 2.91. The van der Waals surface area contributed by atoms with Gasteiger partial charge in [0.05, 0.1) is 11.5 Å². The second-order valence-corrected chi connectivity index (χ2v) is 5.37. The zero-order chi connectivity index (χ0) is 15.5. The molecule has 0 amide bonds. The summed E-state index contributed by atoms with van der Waals surface area (Å²) in [5, 5.41) is 7.63. The second kappa shape index (κ2) is 5.97. The van der Waals surface area contributed by atoms with Gasteiger partial charge in [-0.1, -0.05) is 30.3 Å². The van der Waals surface area contributed by atoms with Gasteiger partial charge in [0.2, 0.25) is 5.88 Å². The number of nitrogens with zero attached hydrogens (tertiary/aromatic N) is 2. The Labute approximate surface area is 128 Å². The lowest BCUT2D eigenvalue weighted by molar-refractivity contribution is 0.0989. The fourth-order valence-electron chi connectivity index (χ4n) is 2.27. The standard InChI is InChI=1S/C17H17N3O2/c1-11(2)22-15-9-8-13-16(19-20-17(13)18-15)14(21)10-12-6-4-3-5-7-12/h3-9,11H,10H2,1-2H3,(H,18,19,20). The molecule has 5 heteroatoms. The van der Waals surface area contributed by atoms with E-state index in [-0.39, 0.29) is 11.9 Å². The predicted molar refractivity (Wildman–Crippen MR) is 84.1 cm³/mol. The Kier molecular flexibility index (Phi) is 3.87. The van der Waals surface area contributed by atoms with Gasteiger partial charge >= 0.3 is 0 Å². The van der Waals surface area contributed by atoms with E-state index in [1.807, 2.05) is 50.2 Å². The van der Waals surface area contributed by atoms with Crippen LogP contribution in [0.1, 0.15) is 29.9 Å². The predicted octanol–water partition coefficient (Wildman–Crippen LogP) is 3.17. The van der Waals surface area contributed by atoms with Crippen LogP contribution in [-0.4, -0.2) is 27.1 Å². The minimum atomic E-state index is -0.00646. The number of carbonyl (C=O) groups excluding carboxylic acids is 1. The molecule has 0 unspecified atom stereocenters. The van der Waals surface area contributed by atoms with E-state index >= 15 is 0 Å². The number of H-pyrrole nitrogens is 1. The zero-order valence-corrected chi connectivity index (χ0v) is 12.5. The van der Waals surface area contributed by atoms with Crippen molar-refractivity contribution in [3.8, 4) is 5.88 Å². The van der Waals surface area contributed by atoms with Crippen LogP contribution in [0.15, 0.2) is 42.5 Å². The number of rotatable bonds is 5. The molecule has 2 heterocycles. The van der Waals surface area contributed by atoms with Gasteiger partial charge in [0.1, 0.15) is 5.69 Å². The maximum absolute atomic E-state index is 12.4. The third-order valence-corrected chi connectivity index (χ3v) is 3.24. The molecule has 0 saturated heterocycles. The van der Waals surface area contributed by atoms with Crippen LogP contribution in [0.5, 0.6) is 5.88 Å². The van der Waals surface area contributed by atoms with Crippen molar-refractivity contribution in [2.45, 2.75) is 26.4 Å². The van der Waals surface area contributed by atoms with E-state index in [9.17, 15) is 4.79 Å². The van der Waals surface area contributed by atoms with Gasteiger partial charge in [0.25, 0.3) is 0 Å². The Morgan fingerprint density at radius 2 is 1.95 bits per heavy atom. The lowest BCUT2D eigenvalue weighted by Crippen LogP contribution is -2.07. The molecule has 5 nitrogen and oxygen atoms in total. The molecule has 0 fully saturated rings. The van der Waals surface area contributed by atoms with E-state index < -0.39 is 0 Å². The normalized spacial score (nSPS) is 11.0. The third-order valence-electron chi connectivity index (χ3n) is 3.24. The Balaban J connectivity index is 1.86. The molecule has 1 aromatic carbocycles. The number of hydrogen-bond donors (Lipinski definition) is 1. The molecule has 0 spiro atoms. The van der Waals surface area contributed by atoms with Gasteiger partial charge in [0, 0.05) is 12.5 Å². The Bertz CT molecular complexity index is 794. The minimum absolute atomic E-state index is 0.00646. The van der Waals surface area contributed by atoms with E-state index in [2.05, 4.69) is 15.2 Å². The molecule has 0 atom stereocenters. The number of fused-ring (bicyclic) bond motifs is 1. The highest BCUT2D eigenvalue weighted by atomic mass is 16.5. The molecule has 22 heavy (non-hydrogen) atoms. The first-order valence-electron chi connectivity index (χ1n) is 7.22. The van der Waals surface area contributed by atoms with Crippen LogP contribution in [0.3, 0.4) is 0 Å². The fourth-order valence-corrected chi connectivity index (χ4v) is 2.27. The van der Waals surface area contributed by atoms with Gasteiger partial charge < -0.3 is 4.74 Å². The van der Waals surface area contributed by atoms with Crippen molar-refractivity contribution in [3.05, 3.63) is 53.7 Å². The molecule has 1 N–H and O–H groups in total. The molecular formula is C17H17N3O2. The minimum Gasteiger partial charge on any atom is -0.475 e. The van der Waals surface area contributed by atoms with Crippen LogP contribution in [0.2, 0.25) is 0 Å². The Hall–Kier alpha value is -2.69. The van der Waals surface area contributed by atoms with Crippen molar-refractivity contribution in [2.75, 3.05) is 0 Å². The lowest BCUT2D eigenvalue weighted by Gasteiger charge is -2.07. The fraction of sp³-hybridized carbons (Fsp3) is 0.235. The van der Waals surface area contributed by atoms with E-state index in [0.717, 1.165) is 10.9 Å². The van der Waals surface area contributed by atoms with Crippen LogP contribution in [-0.2, 0) is 6.42 Å². The second-order valence-electron chi connectivity index (χ2n) is 5.37. The number of aromatic amines is 1. The number of benzene rings is 1. The molecule has 0 aliphatic rings. The number of hydrogen-bond acceptors (Lipinski definition) is 4. The summed E-state index contributed by atoms with van der Waals surface area (Å²) in [6.45, 7) is 3.87. The van der Waals surface area contributed by atoms with E-state index in [1.165, 1.54) is 0 Å². The largest absolute Gasteiger partial charge is 0.475 e. The van der Waals surface area contributed by atoms with Crippen molar-refractivity contribution in [1.29, 1.82) is 0 Å². The first kappa shape index (κ1) is 14.3. The maximum Gasteiger partial charge on any atom is 0.215 e. The van der Waals surface area contributed by atoms with E-state index in [4.69, 9.17) is 4.74 Å². The summed E-state index contributed by atoms with van der Waals surface area (Å²) in [6, 6.07) is 13.2. The van der Waals surface area contributed by atoms with Gasteiger partial charge in [-0.15, -0.1) is 0 Å². The van der Waals surface area contributed by atoms with Crippen molar-refractivity contribution in [1.82, 2.24) is 15.2 Å². The van der Waals surface area contributed by atoms with Crippen LogP contribution >= 0.6 is 0 Å². The van der Waals surface area contributed by atoms with Crippen molar-refractivity contribution in [3.63, 3.8) is 0 Å². The van der Waals surface area contributed by atoms with Gasteiger partial charge in [-0.3, -0.25) is 9.89 Å². The number of nitrogens with one attached hydrogen (secondary N) is 1. The highest BCUT2D eigenvalue weighted by Gasteiger charge is 2.15. The molecule has 0 saturated carbocycles. The lowest BCUT2D eigenvalue weighted by atomic mass is 10.1. The van der Waals surface area contributed by atoms with Crippen molar-refractivity contribution >= 4 is 16.8 Å². The maximum atomic E-state index is 12.4. The number of aromatic nitrogens is 3. The number of Topliss-reactive ketones (excluding diaryl/α,β-unsaturated/α-hetero) is 1. The first-order valence-corrected chi connectivity index (χ1v) is 7.22. The van der Waals surface area contributed by atoms with E-state index in [0.29, 0.717) is 23.6 Å². The van der Waals surface area contributed by atoms with Gasteiger partial charge in [-0.25, -0.2) is 0 Å². The number of ketones is 1. The van der Waals surface area contributed by atoms with Crippen molar-refractivity contribution in [2.24, 2.45) is 0 Å². The molecule has 0 bridgehead atoms. The van der Waals surface area contributed by atoms with Crippen LogP contribution in [0, 0.1) is 0 Å². The summed E-state index contributed by atoms with van der Waals surface area (Å²) in [4.78, 5) is 16.7. The molecule has 0 aliphatic heterocycles. The Morgan fingerprint density at radius 1 is 1.18 bits per heavy atom. The van der Waals surface area contributed by atoms with Gasteiger partial charge in [-0.05, 0) is 25.5 Å². The Morgan fingerprint density at radius 3 is 2.68 bits per heavy atom. The smallest absolute Gasteiger partial charge is 0.215 e. The molecule has 3 rings (SSSR count). The summed E-state index contributed by atoms with van der Waals surface area (Å²) in [6.07, 6.45) is 0.380. The topological polar surface area (TPSA) is 67.9 Å². The molecule has 112 valence electrons. The summed E-state index contributed by atoms with van der Waals surface area (Å²) in [7, 11) is 0. The monoisotopic (exact) mass is 295 g/mol. The molecule has 2 aromatic heterocycles. The van der Waals surface area contributed by atoms with Crippen molar-refractivity contribution < 1.29 is 9.53 Å².